The molecule has 0 spiro atoms. The van der Waals surface area contributed by atoms with E-state index in [4.69, 9.17) is 16.9 Å². The molecule has 3 heteroatoms. The fraction of sp³-hybridized carbons (Fsp3) is 0.231. The highest BCUT2D eigenvalue weighted by Gasteiger charge is 2.07. The van der Waals surface area contributed by atoms with Crippen molar-refractivity contribution in [1.82, 2.24) is 0 Å². The highest BCUT2D eigenvalue weighted by Crippen LogP contribution is 2.15. The molecule has 0 aromatic heterocycles. The topological polar surface area (TPSA) is 40.9 Å². The second-order valence-corrected chi connectivity index (χ2v) is 4.06. The number of hydrogen-bond acceptors (Lipinski definition) is 2. The summed E-state index contributed by atoms with van der Waals surface area (Å²) in [6, 6.07) is 8.80. The quantitative estimate of drug-likeness (QED) is 0.589. The second kappa shape index (κ2) is 5.48. The average molecular weight is 234 g/mol. The molecule has 0 heterocycles. The minimum absolute atomic E-state index is 0.00349. The van der Waals surface area contributed by atoms with Crippen molar-refractivity contribution >= 4 is 17.4 Å². The summed E-state index contributed by atoms with van der Waals surface area (Å²) in [6.07, 6.45) is 0.279. The molecule has 0 saturated carbocycles. The number of benzene rings is 1. The molecule has 0 aliphatic rings. The van der Waals surface area contributed by atoms with Crippen molar-refractivity contribution in [3.05, 3.63) is 46.0 Å². The molecular formula is C13H12ClNO. The third kappa shape index (κ3) is 3.22. The predicted octanol–water partition coefficient (Wildman–Crippen LogP) is 3.77. The monoisotopic (exact) mass is 233 g/mol. The van der Waals surface area contributed by atoms with Crippen LogP contribution in [0.4, 0.5) is 0 Å². The van der Waals surface area contributed by atoms with E-state index >= 15 is 0 Å². The number of carbonyl (C=O) groups excluding carboxylic acids is 1. The SMILES string of the molecule is C/C(C#N)=C(/C)CC(=O)c1ccc(Cl)cc1. The molecule has 82 valence electrons. The summed E-state index contributed by atoms with van der Waals surface area (Å²) in [5, 5.41) is 9.30. The van der Waals surface area contributed by atoms with Crippen LogP contribution in [0.3, 0.4) is 0 Å². The lowest BCUT2D eigenvalue weighted by atomic mass is 10.0. The van der Waals surface area contributed by atoms with E-state index < -0.39 is 0 Å². The highest BCUT2D eigenvalue weighted by atomic mass is 35.5. The Hall–Kier alpha value is -1.59. The van der Waals surface area contributed by atoms with Crippen molar-refractivity contribution in [2.24, 2.45) is 0 Å². The van der Waals surface area contributed by atoms with Crippen LogP contribution < -0.4 is 0 Å². The van der Waals surface area contributed by atoms with Gasteiger partial charge in [-0.25, -0.2) is 0 Å². The molecule has 16 heavy (non-hydrogen) atoms. The fourth-order valence-corrected chi connectivity index (χ4v) is 1.33. The molecule has 0 radical (unpaired) electrons. The molecule has 0 saturated heterocycles. The Morgan fingerprint density at radius 2 is 1.88 bits per heavy atom. The van der Waals surface area contributed by atoms with Crippen molar-refractivity contribution in [3.63, 3.8) is 0 Å². The molecule has 0 N–H and O–H groups in total. The first-order valence-electron chi connectivity index (χ1n) is 4.90. The Morgan fingerprint density at radius 1 is 1.31 bits per heavy atom. The van der Waals surface area contributed by atoms with Gasteiger partial charge in [-0.1, -0.05) is 17.2 Å². The van der Waals surface area contributed by atoms with Crippen LogP contribution in [0.15, 0.2) is 35.4 Å². The Balaban J connectivity index is 2.82. The van der Waals surface area contributed by atoms with Crippen LogP contribution >= 0.6 is 11.6 Å². The van der Waals surface area contributed by atoms with Crippen LogP contribution in [0, 0.1) is 11.3 Å². The maximum Gasteiger partial charge on any atom is 0.166 e. The molecule has 0 bridgehead atoms. The summed E-state index contributed by atoms with van der Waals surface area (Å²) >= 11 is 5.73. The smallest absolute Gasteiger partial charge is 0.166 e. The first-order valence-corrected chi connectivity index (χ1v) is 5.27. The number of Topliss-reactive ketones (excluding diaryl/α,β-unsaturated/α-hetero) is 1. The summed E-state index contributed by atoms with van der Waals surface area (Å²) in [6.45, 7) is 3.51. The molecule has 1 aromatic carbocycles. The molecule has 2 nitrogen and oxygen atoms in total. The van der Waals surface area contributed by atoms with Gasteiger partial charge in [0.15, 0.2) is 5.78 Å². The minimum atomic E-state index is 0.00349. The number of nitrogens with zero attached hydrogens (tertiary/aromatic N) is 1. The molecule has 1 aromatic rings. The zero-order chi connectivity index (χ0) is 12.1. The number of nitriles is 1. The van der Waals surface area contributed by atoms with Gasteiger partial charge in [0.25, 0.3) is 0 Å². The number of carbonyl (C=O) groups is 1. The van der Waals surface area contributed by atoms with Gasteiger partial charge in [0.2, 0.25) is 0 Å². The van der Waals surface area contributed by atoms with E-state index in [-0.39, 0.29) is 12.2 Å². The summed E-state index contributed by atoms with van der Waals surface area (Å²) < 4.78 is 0. The van der Waals surface area contributed by atoms with Gasteiger partial charge in [-0.3, -0.25) is 4.79 Å². The average Bonchev–Trinajstić information content (AvgIpc) is 2.28. The van der Waals surface area contributed by atoms with Gasteiger partial charge >= 0.3 is 0 Å². The van der Waals surface area contributed by atoms with Gasteiger partial charge < -0.3 is 0 Å². The number of hydrogen-bond donors (Lipinski definition) is 0. The Kier molecular flexibility index (Phi) is 4.28. The van der Waals surface area contributed by atoms with Crippen LogP contribution in [0.1, 0.15) is 30.6 Å². The first-order chi connectivity index (χ1) is 7.54. The third-order valence-electron chi connectivity index (χ3n) is 2.40. The van der Waals surface area contributed by atoms with Crippen molar-refractivity contribution in [2.45, 2.75) is 20.3 Å². The first kappa shape index (κ1) is 12.5. The Morgan fingerprint density at radius 3 is 2.38 bits per heavy atom. The maximum atomic E-state index is 11.8. The standard InChI is InChI=1S/C13H12ClNO/c1-9(10(2)8-15)7-13(16)11-3-5-12(14)6-4-11/h3-6H,7H2,1-2H3/b10-9+. The van der Waals surface area contributed by atoms with E-state index in [2.05, 4.69) is 0 Å². The molecule has 0 aliphatic heterocycles. The zero-order valence-electron chi connectivity index (χ0n) is 9.25. The van der Waals surface area contributed by atoms with E-state index in [0.29, 0.717) is 16.2 Å². The van der Waals surface area contributed by atoms with Crippen molar-refractivity contribution in [3.8, 4) is 6.07 Å². The molecule has 0 fully saturated rings. The van der Waals surface area contributed by atoms with Crippen molar-refractivity contribution in [1.29, 1.82) is 5.26 Å². The largest absolute Gasteiger partial charge is 0.294 e. The normalized spacial score (nSPS) is 11.6. The number of ketones is 1. The Bertz CT molecular complexity index is 466. The van der Waals surface area contributed by atoms with Crippen LogP contribution in [0.2, 0.25) is 5.02 Å². The van der Waals surface area contributed by atoms with E-state index in [1.54, 1.807) is 38.1 Å². The molecule has 0 aliphatic carbocycles. The lowest BCUT2D eigenvalue weighted by molar-refractivity contribution is 0.0993. The van der Waals surface area contributed by atoms with E-state index in [0.717, 1.165) is 5.57 Å². The van der Waals surface area contributed by atoms with Gasteiger partial charge in [-0.2, -0.15) is 5.26 Å². The molecular weight excluding hydrogens is 222 g/mol. The van der Waals surface area contributed by atoms with E-state index in [1.807, 2.05) is 6.07 Å². The lowest BCUT2D eigenvalue weighted by Crippen LogP contribution is -2.00. The van der Waals surface area contributed by atoms with Crippen molar-refractivity contribution in [2.75, 3.05) is 0 Å². The van der Waals surface area contributed by atoms with Crippen LogP contribution in [-0.2, 0) is 0 Å². The van der Waals surface area contributed by atoms with Gasteiger partial charge in [-0.15, -0.1) is 0 Å². The summed E-state index contributed by atoms with van der Waals surface area (Å²) in [5.74, 6) is 0.00349. The van der Waals surface area contributed by atoms with Crippen molar-refractivity contribution < 1.29 is 4.79 Å². The third-order valence-corrected chi connectivity index (χ3v) is 2.65. The number of halogens is 1. The molecule has 0 unspecified atom stereocenters. The van der Waals surface area contributed by atoms with Crippen LogP contribution in [0.25, 0.3) is 0 Å². The van der Waals surface area contributed by atoms with E-state index in [9.17, 15) is 4.79 Å². The van der Waals surface area contributed by atoms with Gasteiger partial charge in [0.05, 0.1) is 6.07 Å². The van der Waals surface area contributed by atoms with Crippen LogP contribution in [0.5, 0.6) is 0 Å². The van der Waals surface area contributed by atoms with Gasteiger partial charge in [0, 0.05) is 22.6 Å². The minimum Gasteiger partial charge on any atom is -0.294 e. The summed E-state index contributed by atoms with van der Waals surface area (Å²) in [5.41, 5.74) is 2.03. The predicted molar refractivity (Wildman–Crippen MR) is 64.4 cm³/mol. The number of rotatable bonds is 3. The zero-order valence-corrected chi connectivity index (χ0v) is 10.0. The molecule has 0 amide bonds. The highest BCUT2D eigenvalue weighted by molar-refractivity contribution is 6.30. The van der Waals surface area contributed by atoms with E-state index in [1.165, 1.54) is 0 Å². The fourth-order valence-electron chi connectivity index (χ4n) is 1.21. The Labute approximate surface area is 100 Å². The second-order valence-electron chi connectivity index (χ2n) is 3.62. The lowest BCUT2D eigenvalue weighted by Gasteiger charge is -2.02. The summed E-state index contributed by atoms with van der Waals surface area (Å²) in [7, 11) is 0. The summed E-state index contributed by atoms with van der Waals surface area (Å²) in [4.78, 5) is 11.8. The molecule has 1 rings (SSSR count). The van der Waals surface area contributed by atoms with Crippen LogP contribution in [-0.4, -0.2) is 5.78 Å². The number of allylic oxidation sites excluding steroid dienone is 2. The van der Waals surface area contributed by atoms with Gasteiger partial charge in [-0.05, 0) is 38.1 Å². The maximum absolute atomic E-state index is 11.8. The van der Waals surface area contributed by atoms with Gasteiger partial charge in [0.1, 0.15) is 0 Å². The molecule has 0 atom stereocenters.